The van der Waals surface area contributed by atoms with Gasteiger partial charge in [0, 0.05) is 18.8 Å². The van der Waals surface area contributed by atoms with Crippen molar-refractivity contribution >= 4 is 17.8 Å². The second-order valence-electron chi connectivity index (χ2n) is 2.45. The molecule has 0 spiro atoms. The van der Waals surface area contributed by atoms with E-state index in [2.05, 4.69) is 5.32 Å². The summed E-state index contributed by atoms with van der Waals surface area (Å²) in [5, 5.41) is 9.59. The monoisotopic (exact) mass is 162 g/mol. The molecule has 0 aliphatic heterocycles. The highest BCUT2D eigenvalue weighted by molar-refractivity contribution is 5.89. The van der Waals surface area contributed by atoms with Gasteiger partial charge in [0.25, 0.3) is 0 Å². The molecule has 0 saturated carbocycles. The highest BCUT2D eigenvalue weighted by Crippen LogP contribution is 2.07. The zero-order valence-corrected chi connectivity index (χ0v) is 6.79. The van der Waals surface area contributed by atoms with Crippen molar-refractivity contribution in [1.82, 2.24) is 0 Å². The molecule has 0 atom stereocenters. The van der Waals surface area contributed by atoms with E-state index in [4.69, 9.17) is 5.41 Å². The van der Waals surface area contributed by atoms with Crippen LogP contribution in [0.3, 0.4) is 0 Å². The quantitative estimate of drug-likeness (QED) is 0.638. The summed E-state index contributed by atoms with van der Waals surface area (Å²) >= 11 is 0. The largest absolute Gasteiger partial charge is 0.326 e. The number of rotatable bonds is 2. The molecule has 0 aliphatic rings. The van der Waals surface area contributed by atoms with E-state index in [1.807, 2.05) is 0 Å². The molecule has 62 valence electrons. The summed E-state index contributed by atoms with van der Waals surface area (Å²) in [6.45, 7) is 1.46. The van der Waals surface area contributed by atoms with Crippen LogP contribution in [0.2, 0.25) is 0 Å². The van der Waals surface area contributed by atoms with Crippen LogP contribution in [0.5, 0.6) is 0 Å². The van der Waals surface area contributed by atoms with Crippen LogP contribution in [-0.4, -0.2) is 12.1 Å². The van der Waals surface area contributed by atoms with E-state index in [1.54, 1.807) is 24.3 Å². The average Bonchev–Trinajstić information content (AvgIpc) is 2.05. The van der Waals surface area contributed by atoms with Crippen molar-refractivity contribution in [3.63, 3.8) is 0 Å². The van der Waals surface area contributed by atoms with Crippen LogP contribution in [0.4, 0.5) is 5.69 Å². The highest BCUT2D eigenvalue weighted by atomic mass is 16.1. The van der Waals surface area contributed by atoms with Gasteiger partial charge in [-0.3, -0.25) is 4.79 Å². The van der Waals surface area contributed by atoms with Crippen LogP contribution in [0.1, 0.15) is 12.5 Å². The molecule has 0 fully saturated rings. The lowest BCUT2D eigenvalue weighted by atomic mass is 10.2. The standard InChI is InChI=1S/C9H10N2O/c1-7(12)11-9-4-2-8(6-10)3-5-9/h2-6,10H,1H3,(H,11,12). The number of carbonyl (C=O) groups excluding carboxylic acids is 1. The molecule has 1 rings (SSSR count). The first-order valence-corrected chi connectivity index (χ1v) is 3.60. The second kappa shape index (κ2) is 3.67. The Morgan fingerprint density at radius 2 is 2.00 bits per heavy atom. The minimum absolute atomic E-state index is 0.0856. The van der Waals surface area contributed by atoms with Gasteiger partial charge in [-0.25, -0.2) is 0 Å². The van der Waals surface area contributed by atoms with Gasteiger partial charge in [0.15, 0.2) is 0 Å². The Kier molecular flexibility index (Phi) is 2.58. The Balaban J connectivity index is 2.77. The van der Waals surface area contributed by atoms with Crippen molar-refractivity contribution in [2.45, 2.75) is 6.92 Å². The molecule has 0 unspecified atom stereocenters. The third kappa shape index (κ3) is 2.20. The van der Waals surface area contributed by atoms with E-state index in [0.29, 0.717) is 0 Å². The van der Waals surface area contributed by atoms with Gasteiger partial charge in [0.05, 0.1) is 0 Å². The number of amides is 1. The smallest absolute Gasteiger partial charge is 0.221 e. The number of hydrogen-bond acceptors (Lipinski definition) is 2. The molecule has 3 heteroatoms. The lowest BCUT2D eigenvalue weighted by Crippen LogP contribution is -2.05. The molecule has 0 aliphatic carbocycles. The van der Waals surface area contributed by atoms with Crippen LogP contribution in [0, 0.1) is 5.41 Å². The third-order valence-electron chi connectivity index (χ3n) is 1.40. The minimum Gasteiger partial charge on any atom is -0.326 e. The first-order chi connectivity index (χ1) is 5.72. The van der Waals surface area contributed by atoms with Crippen molar-refractivity contribution in [2.24, 2.45) is 0 Å². The first kappa shape index (κ1) is 8.46. The van der Waals surface area contributed by atoms with Gasteiger partial charge in [-0.15, -0.1) is 0 Å². The number of anilines is 1. The summed E-state index contributed by atoms with van der Waals surface area (Å²) in [5.74, 6) is -0.0856. The summed E-state index contributed by atoms with van der Waals surface area (Å²) in [6, 6.07) is 7.08. The Bertz CT molecular complexity index is 290. The van der Waals surface area contributed by atoms with Crippen LogP contribution in [0.25, 0.3) is 0 Å². The molecule has 12 heavy (non-hydrogen) atoms. The van der Waals surface area contributed by atoms with Crippen molar-refractivity contribution in [2.75, 3.05) is 5.32 Å². The Hall–Kier alpha value is -1.64. The molecule has 1 aromatic carbocycles. The van der Waals surface area contributed by atoms with Crippen molar-refractivity contribution in [1.29, 1.82) is 5.41 Å². The molecule has 3 nitrogen and oxygen atoms in total. The topological polar surface area (TPSA) is 53.0 Å². The van der Waals surface area contributed by atoms with E-state index in [0.717, 1.165) is 11.3 Å². The molecule has 0 heterocycles. The molecule has 2 N–H and O–H groups in total. The average molecular weight is 162 g/mol. The molecule has 0 radical (unpaired) electrons. The number of carbonyl (C=O) groups is 1. The van der Waals surface area contributed by atoms with Crippen LogP contribution in [-0.2, 0) is 4.79 Å². The molecule has 1 amide bonds. The fourth-order valence-corrected chi connectivity index (χ4v) is 0.866. The van der Waals surface area contributed by atoms with E-state index in [9.17, 15) is 4.79 Å². The number of nitrogens with one attached hydrogen (secondary N) is 2. The summed E-state index contributed by atoms with van der Waals surface area (Å²) in [4.78, 5) is 10.6. The maximum Gasteiger partial charge on any atom is 0.221 e. The van der Waals surface area contributed by atoms with Gasteiger partial charge in [-0.05, 0) is 17.7 Å². The fourth-order valence-electron chi connectivity index (χ4n) is 0.866. The second-order valence-corrected chi connectivity index (χ2v) is 2.45. The van der Waals surface area contributed by atoms with Gasteiger partial charge in [0.2, 0.25) is 5.91 Å². The van der Waals surface area contributed by atoms with Crippen LogP contribution < -0.4 is 5.32 Å². The predicted octanol–water partition coefficient (Wildman–Crippen LogP) is 1.64. The normalized spacial score (nSPS) is 9.08. The van der Waals surface area contributed by atoms with Crippen molar-refractivity contribution < 1.29 is 4.79 Å². The zero-order valence-electron chi connectivity index (χ0n) is 6.79. The Morgan fingerprint density at radius 3 is 2.42 bits per heavy atom. The summed E-state index contributed by atoms with van der Waals surface area (Å²) in [5.41, 5.74) is 1.58. The molecule has 0 aromatic heterocycles. The van der Waals surface area contributed by atoms with Crippen molar-refractivity contribution in [3.05, 3.63) is 29.8 Å². The van der Waals surface area contributed by atoms with E-state index in [1.165, 1.54) is 13.1 Å². The van der Waals surface area contributed by atoms with Gasteiger partial charge in [0.1, 0.15) is 0 Å². The first-order valence-electron chi connectivity index (χ1n) is 3.60. The van der Waals surface area contributed by atoms with Crippen LogP contribution in [0.15, 0.2) is 24.3 Å². The van der Waals surface area contributed by atoms with Gasteiger partial charge in [-0.1, -0.05) is 12.1 Å². The summed E-state index contributed by atoms with van der Waals surface area (Å²) in [6.07, 6.45) is 1.26. The van der Waals surface area contributed by atoms with Gasteiger partial charge < -0.3 is 10.7 Å². The minimum atomic E-state index is -0.0856. The van der Waals surface area contributed by atoms with Crippen molar-refractivity contribution in [3.8, 4) is 0 Å². The summed E-state index contributed by atoms with van der Waals surface area (Å²) in [7, 11) is 0. The lowest BCUT2D eigenvalue weighted by molar-refractivity contribution is -0.114. The molecular formula is C9H10N2O. The highest BCUT2D eigenvalue weighted by Gasteiger charge is 1.93. The number of benzene rings is 1. The summed E-state index contributed by atoms with van der Waals surface area (Å²) < 4.78 is 0. The van der Waals surface area contributed by atoms with Gasteiger partial charge in [-0.2, -0.15) is 0 Å². The zero-order chi connectivity index (χ0) is 8.97. The third-order valence-corrected chi connectivity index (χ3v) is 1.40. The number of hydrogen-bond donors (Lipinski definition) is 2. The molecule has 0 bridgehead atoms. The SMILES string of the molecule is CC(=O)Nc1ccc(C=N)cc1. The van der Waals surface area contributed by atoms with Crippen LogP contribution >= 0.6 is 0 Å². The lowest BCUT2D eigenvalue weighted by Gasteiger charge is -2.00. The van der Waals surface area contributed by atoms with Gasteiger partial charge >= 0.3 is 0 Å². The fraction of sp³-hybridized carbons (Fsp3) is 0.111. The Morgan fingerprint density at radius 1 is 1.42 bits per heavy atom. The maximum absolute atomic E-state index is 10.6. The van der Waals surface area contributed by atoms with E-state index >= 15 is 0 Å². The molecule has 1 aromatic rings. The molecular weight excluding hydrogens is 152 g/mol. The Labute approximate surface area is 70.9 Å². The molecule has 0 saturated heterocycles. The predicted molar refractivity (Wildman–Crippen MR) is 48.6 cm³/mol. The van der Waals surface area contributed by atoms with E-state index < -0.39 is 0 Å². The maximum atomic E-state index is 10.6. The van der Waals surface area contributed by atoms with E-state index in [-0.39, 0.29) is 5.91 Å².